The van der Waals surface area contributed by atoms with Crippen molar-refractivity contribution >= 4 is 0 Å². The van der Waals surface area contributed by atoms with E-state index >= 15 is 0 Å². The summed E-state index contributed by atoms with van der Waals surface area (Å²) in [5, 5.41) is 1.95. The number of morpholine rings is 1. The highest BCUT2D eigenvalue weighted by atomic mass is 19.3. The first-order valence-electron chi connectivity index (χ1n) is 5.13. The molecule has 0 atom stereocenters. The van der Waals surface area contributed by atoms with E-state index in [-0.39, 0.29) is 0 Å². The van der Waals surface area contributed by atoms with Crippen molar-refractivity contribution in [1.29, 1.82) is 0 Å². The van der Waals surface area contributed by atoms with Crippen molar-refractivity contribution in [3.8, 4) is 0 Å². The van der Waals surface area contributed by atoms with Gasteiger partial charge in [0, 0.05) is 25.5 Å². The molecule has 2 rings (SSSR count). The van der Waals surface area contributed by atoms with Crippen molar-refractivity contribution in [2.75, 3.05) is 26.3 Å². The summed E-state index contributed by atoms with van der Waals surface area (Å²) in [6.07, 6.45) is 2.66. The monoisotopic (exact) mass is 232 g/mol. The van der Waals surface area contributed by atoms with E-state index in [1.165, 1.54) is 12.4 Å². The maximum Gasteiger partial charge on any atom is 0.319 e. The molecule has 1 N–H and O–H groups in total. The number of ether oxygens (including phenoxy) is 1. The van der Waals surface area contributed by atoms with Gasteiger partial charge in [0.15, 0.2) is 0 Å². The van der Waals surface area contributed by atoms with Gasteiger partial charge in [0.1, 0.15) is 5.82 Å². The first kappa shape index (κ1) is 11.4. The Morgan fingerprint density at radius 2 is 2.19 bits per heavy atom. The van der Waals surface area contributed by atoms with Gasteiger partial charge in [-0.15, -0.1) is 0 Å². The van der Waals surface area contributed by atoms with Gasteiger partial charge in [0.05, 0.1) is 19.8 Å². The summed E-state index contributed by atoms with van der Waals surface area (Å²) in [5.74, 6) is 0.335. The van der Waals surface area contributed by atoms with Crippen molar-refractivity contribution < 1.29 is 13.5 Å². The molecule has 0 unspecified atom stereocenters. The van der Waals surface area contributed by atoms with Crippen LogP contribution in [-0.4, -0.2) is 40.9 Å². The lowest BCUT2D eigenvalue weighted by atomic mass is 10.5. The largest absolute Gasteiger partial charge is 0.379 e. The summed E-state index contributed by atoms with van der Waals surface area (Å²) in [4.78, 5) is 3.88. The van der Waals surface area contributed by atoms with Crippen LogP contribution in [0.2, 0.25) is 0 Å². The predicted octanol–water partition coefficient (Wildman–Crippen LogP) is 0.615. The van der Waals surface area contributed by atoms with Gasteiger partial charge in [-0.1, -0.05) is 0 Å². The van der Waals surface area contributed by atoms with E-state index in [1.54, 1.807) is 0 Å². The van der Waals surface area contributed by atoms with E-state index in [9.17, 15) is 8.78 Å². The zero-order chi connectivity index (χ0) is 11.4. The SMILES string of the molecule is FC(F)n1ccnc1CNN1CCOCC1. The molecule has 0 aliphatic carbocycles. The van der Waals surface area contributed by atoms with E-state index in [0.29, 0.717) is 25.6 Å². The van der Waals surface area contributed by atoms with Crippen LogP contribution in [0.25, 0.3) is 0 Å². The van der Waals surface area contributed by atoms with Crippen molar-refractivity contribution in [1.82, 2.24) is 20.0 Å². The summed E-state index contributed by atoms with van der Waals surface area (Å²) in [5.41, 5.74) is 3.06. The topological polar surface area (TPSA) is 42.3 Å². The first-order chi connectivity index (χ1) is 7.77. The first-order valence-corrected chi connectivity index (χ1v) is 5.13. The van der Waals surface area contributed by atoms with Gasteiger partial charge in [-0.05, 0) is 0 Å². The molecule has 1 aliphatic rings. The molecule has 16 heavy (non-hydrogen) atoms. The Kier molecular flexibility index (Phi) is 3.81. The van der Waals surface area contributed by atoms with Crippen LogP contribution in [0.5, 0.6) is 0 Å². The van der Waals surface area contributed by atoms with Crippen LogP contribution in [-0.2, 0) is 11.3 Å². The van der Waals surface area contributed by atoms with Crippen LogP contribution in [0.3, 0.4) is 0 Å². The highest BCUT2D eigenvalue weighted by Crippen LogP contribution is 2.12. The molecule has 7 heteroatoms. The van der Waals surface area contributed by atoms with E-state index in [2.05, 4.69) is 10.4 Å². The Labute approximate surface area is 92.0 Å². The minimum absolute atomic E-state index is 0.303. The molecule has 1 aromatic rings. The Bertz CT molecular complexity index is 325. The number of aromatic nitrogens is 2. The fourth-order valence-electron chi connectivity index (χ4n) is 1.56. The summed E-state index contributed by atoms with van der Waals surface area (Å²) >= 11 is 0. The van der Waals surface area contributed by atoms with Crippen LogP contribution in [0, 0.1) is 0 Å². The molecule has 1 fully saturated rings. The van der Waals surface area contributed by atoms with E-state index in [4.69, 9.17) is 4.74 Å². The molecule has 1 saturated heterocycles. The van der Waals surface area contributed by atoms with Crippen LogP contribution in [0.1, 0.15) is 12.4 Å². The van der Waals surface area contributed by atoms with Gasteiger partial charge >= 0.3 is 6.55 Å². The van der Waals surface area contributed by atoms with E-state index in [0.717, 1.165) is 17.7 Å². The third kappa shape index (κ3) is 2.75. The van der Waals surface area contributed by atoms with Crippen molar-refractivity contribution in [3.05, 3.63) is 18.2 Å². The van der Waals surface area contributed by atoms with Gasteiger partial charge in [0.2, 0.25) is 0 Å². The molecule has 1 aromatic heterocycles. The number of hydrogen-bond donors (Lipinski definition) is 1. The number of hydrogen-bond acceptors (Lipinski definition) is 4. The predicted molar refractivity (Wildman–Crippen MR) is 52.7 cm³/mol. The zero-order valence-electron chi connectivity index (χ0n) is 8.77. The van der Waals surface area contributed by atoms with Crippen molar-refractivity contribution in [2.24, 2.45) is 0 Å². The van der Waals surface area contributed by atoms with Crippen LogP contribution in [0.15, 0.2) is 12.4 Å². The fraction of sp³-hybridized carbons (Fsp3) is 0.667. The second kappa shape index (κ2) is 5.33. The molecule has 5 nitrogen and oxygen atoms in total. The van der Waals surface area contributed by atoms with Crippen LogP contribution >= 0.6 is 0 Å². The number of nitrogens with one attached hydrogen (secondary N) is 1. The Morgan fingerprint density at radius 3 is 2.88 bits per heavy atom. The minimum Gasteiger partial charge on any atom is -0.379 e. The Balaban J connectivity index is 1.86. The summed E-state index contributed by atoms with van der Waals surface area (Å²) in [6.45, 7) is 0.610. The van der Waals surface area contributed by atoms with E-state index < -0.39 is 6.55 Å². The van der Waals surface area contributed by atoms with Crippen LogP contribution in [0.4, 0.5) is 8.78 Å². The molecular formula is C9H14F2N4O. The summed E-state index contributed by atoms with van der Waals surface area (Å²) in [7, 11) is 0. The number of alkyl halides is 2. The highest BCUT2D eigenvalue weighted by molar-refractivity contribution is 4.92. The highest BCUT2D eigenvalue weighted by Gasteiger charge is 2.13. The lowest BCUT2D eigenvalue weighted by Crippen LogP contribution is -2.45. The second-order valence-corrected chi connectivity index (χ2v) is 3.46. The number of rotatable bonds is 4. The van der Waals surface area contributed by atoms with Crippen LogP contribution < -0.4 is 5.43 Å². The maximum absolute atomic E-state index is 12.5. The standard InChI is InChI=1S/C9H14F2N4O/c10-9(11)15-2-1-12-8(15)7-13-14-3-5-16-6-4-14/h1-2,9,13H,3-7H2. The normalized spacial score (nSPS) is 18.2. The lowest BCUT2D eigenvalue weighted by Gasteiger charge is -2.27. The molecule has 2 heterocycles. The van der Waals surface area contributed by atoms with Gasteiger partial charge < -0.3 is 4.74 Å². The summed E-state index contributed by atoms with van der Waals surface area (Å²) < 4.78 is 31.0. The Morgan fingerprint density at radius 1 is 1.44 bits per heavy atom. The third-order valence-electron chi connectivity index (χ3n) is 2.43. The van der Waals surface area contributed by atoms with Crippen molar-refractivity contribution in [3.63, 3.8) is 0 Å². The van der Waals surface area contributed by atoms with Gasteiger partial charge in [-0.2, -0.15) is 8.78 Å². The molecule has 0 bridgehead atoms. The molecule has 0 amide bonds. The smallest absolute Gasteiger partial charge is 0.319 e. The van der Waals surface area contributed by atoms with Crippen molar-refractivity contribution in [2.45, 2.75) is 13.1 Å². The molecule has 0 saturated carbocycles. The molecule has 1 aliphatic heterocycles. The molecule has 0 spiro atoms. The number of nitrogens with zero attached hydrogens (tertiary/aromatic N) is 3. The molecular weight excluding hydrogens is 218 g/mol. The number of hydrazine groups is 1. The van der Waals surface area contributed by atoms with Gasteiger partial charge in [0.25, 0.3) is 0 Å². The average molecular weight is 232 g/mol. The second-order valence-electron chi connectivity index (χ2n) is 3.46. The quantitative estimate of drug-likeness (QED) is 0.826. The molecule has 0 radical (unpaired) electrons. The van der Waals surface area contributed by atoms with E-state index in [1.807, 2.05) is 5.01 Å². The average Bonchev–Trinajstić information content (AvgIpc) is 2.76. The van der Waals surface area contributed by atoms with Gasteiger partial charge in [-0.25, -0.2) is 15.4 Å². The minimum atomic E-state index is -2.54. The lowest BCUT2D eigenvalue weighted by molar-refractivity contribution is 0.00840. The molecule has 90 valence electrons. The summed E-state index contributed by atoms with van der Waals surface area (Å²) in [6, 6.07) is 0. The third-order valence-corrected chi connectivity index (χ3v) is 2.43. The zero-order valence-corrected chi connectivity index (χ0v) is 8.77. The maximum atomic E-state index is 12.5. The van der Waals surface area contributed by atoms with Gasteiger partial charge in [-0.3, -0.25) is 4.57 Å². The fourth-order valence-corrected chi connectivity index (χ4v) is 1.56. The molecule has 0 aromatic carbocycles. The number of imidazole rings is 1. The Hall–Kier alpha value is -1.05. The number of halogens is 2.